The molecule has 0 radical (unpaired) electrons. The Morgan fingerprint density at radius 2 is 1.82 bits per heavy atom. The van der Waals surface area contributed by atoms with E-state index < -0.39 is 25.6 Å². The standard InChI is InChI=1S/C6H5NO5S.C2H7NO/c8-7(9)5-3-1-2-4-6(5)13(10,11)12;3-1-2-4/h1-4H,(H,10,11,12);4H,1-3H2. The third kappa shape index (κ3) is 5.36. The van der Waals surface area contributed by atoms with E-state index in [1.165, 1.54) is 12.1 Å². The van der Waals surface area contributed by atoms with E-state index in [1.54, 1.807) is 0 Å². The summed E-state index contributed by atoms with van der Waals surface area (Å²) in [6.45, 7) is 0.472. The van der Waals surface area contributed by atoms with Gasteiger partial charge in [-0.2, -0.15) is 8.42 Å². The molecule has 0 aromatic heterocycles. The van der Waals surface area contributed by atoms with Crippen molar-refractivity contribution in [1.29, 1.82) is 0 Å². The summed E-state index contributed by atoms with van der Waals surface area (Å²) in [5.41, 5.74) is 4.14. The molecule has 0 heterocycles. The van der Waals surface area contributed by atoms with E-state index in [2.05, 4.69) is 0 Å². The highest BCUT2D eigenvalue weighted by Gasteiger charge is 2.22. The van der Waals surface area contributed by atoms with Crippen molar-refractivity contribution in [3.63, 3.8) is 0 Å². The lowest BCUT2D eigenvalue weighted by Gasteiger charge is -1.97. The van der Waals surface area contributed by atoms with E-state index in [0.29, 0.717) is 6.54 Å². The average Bonchev–Trinajstić information content (AvgIpc) is 2.28. The number of aliphatic hydroxyl groups is 1. The van der Waals surface area contributed by atoms with E-state index in [1.807, 2.05) is 0 Å². The summed E-state index contributed by atoms with van der Waals surface area (Å²) in [5.74, 6) is 0. The lowest BCUT2D eigenvalue weighted by atomic mass is 10.3. The third-order valence-corrected chi connectivity index (χ3v) is 2.37. The van der Waals surface area contributed by atoms with Crippen LogP contribution in [0.4, 0.5) is 5.69 Å². The predicted octanol–water partition coefficient (Wildman–Crippen LogP) is -0.221. The lowest BCUT2D eigenvalue weighted by Crippen LogP contribution is -2.02. The van der Waals surface area contributed by atoms with Crippen molar-refractivity contribution in [1.82, 2.24) is 0 Å². The predicted molar refractivity (Wildman–Crippen MR) is 59.1 cm³/mol. The molecule has 0 bridgehead atoms. The van der Waals surface area contributed by atoms with E-state index in [4.69, 9.17) is 15.4 Å². The van der Waals surface area contributed by atoms with E-state index in [-0.39, 0.29) is 6.61 Å². The quantitative estimate of drug-likeness (QED) is 0.388. The number of nitro benzene ring substituents is 1. The zero-order valence-corrected chi connectivity index (χ0v) is 9.50. The molecule has 0 aliphatic carbocycles. The van der Waals surface area contributed by atoms with Crippen LogP contribution in [-0.4, -0.2) is 36.2 Å². The molecular formula is C8H12N2O6S. The monoisotopic (exact) mass is 264 g/mol. The first kappa shape index (κ1) is 15.4. The second-order valence-electron chi connectivity index (χ2n) is 2.71. The summed E-state index contributed by atoms with van der Waals surface area (Å²) in [4.78, 5) is 8.73. The fourth-order valence-corrected chi connectivity index (χ4v) is 1.48. The molecule has 0 atom stereocenters. The first-order valence-electron chi connectivity index (χ1n) is 4.36. The summed E-state index contributed by atoms with van der Waals surface area (Å²) in [6.07, 6.45) is 0. The number of benzene rings is 1. The van der Waals surface area contributed by atoms with Gasteiger partial charge in [0.2, 0.25) is 0 Å². The summed E-state index contributed by atoms with van der Waals surface area (Å²) < 4.78 is 29.8. The smallest absolute Gasteiger partial charge is 0.301 e. The van der Waals surface area contributed by atoms with Crippen LogP contribution in [0.3, 0.4) is 0 Å². The highest BCUT2D eigenvalue weighted by molar-refractivity contribution is 7.86. The molecule has 17 heavy (non-hydrogen) atoms. The van der Waals surface area contributed by atoms with Gasteiger partial charge < -0.3 is 10.8 Å². The number of nitrogens with two attached hydrogens (primary N) is 1. The zero-order chi connectivity index (χ0) is 13.5. The topological polar surface area (TPSA) is 144 Å². The highest BCUT2D eigenvalue weighted by Crippen LogP contribution is 2.21. The number of para-hydroxylation sites is 1. The third-order valence-electron chi connectivity index (χ3n) is 1.47. The Bertz CT molecular complexity index is 471. The molecule has 1 aromatic rings. The molecule has 1 rings (SSSR count). The molecule has 96 valence electrons. The molecule has 0 spiro atoms. The molecule has 0 amide bonds. The molecule has 0 aliphatic heterocycles. The second-order valence-corrected chi connectivity index (χ2v) is 4.10. The van der Waals surface area contributed by atoms with Crippen molar-refractivity contribution in [3.8, 4) is 0 Å². The fourth-order valence-electron chi connectivity index (χ4n) is 0.826. The van der Waals surface area contributed by atoms with Crippen molar-refractivity contribution in [2.45, 2.75) is 4.90 Å². The van der Waals surface area contributed by atoms with E-state index in [9.17, 15) is 18.5 Å². The lowest BCUT2D eigenvalue weighted by molar-refractivity contribution is -0.387. The average molecular weight is 264 g/mol. The molecular weight excluding hydrogens is 252 g/mol. The maximum absolute atomic E-state index is 10.6. The first-order valence-corrected chi connectivity index (χ1v) is 5.80. The van der Waals surface area contributed by atoms with Crippen molar-refractivity contribution in [2.24, 2.45) is 5.73 Å². The van der Waals surface area contributed by atoms with Crippen LogP contribution in [-0.2, 0) is 10.1 Å². The highest BCUT2D eigenvalue weighted by atomic mass is 32.2. The number of hydrogen-bond acceptors (Lipinski definition) is 6. The van der Waals surface area contributed by atoms with Gasteiger partial charge in [0.25, 0.3) is 5.69 Å². The number of aliphatic hydroxyl groups excluding tert-OH is 1. The summed E-state index contributed by atoms with van der Waals surface area (Å²) in [5, 5.41) is 18.0. The SMILES string of the molecule is NCCO.O=[N+]([O-])c1ccccc1S(=O)(=O)O. The fraction of sp³-hybridized carbons (Fsp3) is 0.250. The molecule has 0 aliphatic rings. The number of nitro groups is 1. The van der Waals surface area contributed by atoms with Crippen molar-refractivity contribution in [3.05, 3.63) is 34.4 Å². The summed E-state index contributed by atoms with van der Waals surface area (Å²) >= 11 is 0. The summed E-state index contributed by atoms with van der Waals surface area (Å²) in [6, 6.07) is 4.57. The van der Waals surface area contributed by atoms with Gasteiger partial charge in [0, 0.05) is 12.6 Å². The number of nitrogens with zero attached hydrogens (tertiary/aromatic N) is 1. The van der Waals surface area contributed by atoms with Gasteiger partial charge in [-0.25, -0.2) is 0 Å². The molecule has 4 N–H and O–H groups in total. The van der Waals surface area contributed by atoms with Crippen LogP contribution in [0.15, 0.2) is 29.2 Å². The molecule has 0 unspecified atom stereocenters. The largest absolute Gasteiger partial charge is 0.395 e. The Morgan fingerprint density at radius 3 is 2.12 bits per heavy atom. The Morgan fingerprint density at radius 1 is 1.35 bits per heavy atom. The minimum Gasteiger partial charge on any atom is -0.395 e. The van der Waals surface area contributed by atoms with Gasteiger partial charge in [0.15, 0.2) is 4.90 Å². The normalized spacial score (nSPS) is 10.3. The van der Waals surface area contributed by atoms with Gasteiger partial charge >= 0.3 is 10.1 Å². The van der Waals surface area contributed by atoms with Gasteiger partial charge in [-0.1, -0.05) is 12.1 Å². The molecule has 0 saturated carbocycles. The molecule has 8 nitrogen and oxygen atoms in total. The van der Waals surface area contributed by atoms with Crippen LogP contribution < -0.4 is 5.73 Å². The Hall–Kier alpha value is -1.55. The number of rotatable bonds is 3. The Kier molecular flexibility index (Phi) is 6.28. The van der Waals surface area contributed by atoms with Crippen molar-refractivity contribution >= 4 is 15.8 Å². The molecule has 1 aromatic carbocycles. The van der Waals surface area contributed by atoms with Crippen LogP contribution in [0.1, 0.15) is 0 Å². The Labute approximate surface area is 97.6 Å². The maximum Gasteiger partial charge on any atom is 0.301 e. The van der Waals surface area contributed by atoms with Gasteiger partial charge in [-0.05, 0) is 6.07 Å². The molecule has 9 heteroatoms. The van der Waals surface area contributed by atoms with Crippen LogP contribution >= 0.6 is 0 Å². The van der Waals surface area contributed by atoms with Crippen LogP contribution in [0, 0.1) is 10.1 Å². The van der Waals surface area contributed by atoms with Crippen LogP contribution in [0.5, 0.6) is 0 Å². The van der Waals surface area contributed by atoms with Crippen molar-refractivity contribution < 1.29 is 23.0 Å². The van der Waals surface area contributed by atoms with E-state index >= 15 is 0 Å². The maximum atomic E-state index is 10.6. The molecule has 0 fully saturated rings. The van der Waals surface area contributed by atoms with E-state index in [0.717, 1.165) is 12.1 Å². The van der Waals surface area contributed by atoms with Gasteiger partial charge in [0.05, 0.1) is 11.5 Å². The van der Waals surface area contributed by atoms with Crippen LogP contribution in [0.25, 0.3) is 0 Å². The summed E-state index contributed by atoms with van der Waals surface area (Å²) in [7, 11) is -4.52. The first-order chi connectivity index (χ1) is 7.84. The minimum atomic E-state index is -4.52. The second kappa shape index (κ2) is 6.91. The van der Waals surface area contributed by atoms with Crippen molar-refractivity contribution in [2.75, 3.05) is 13.2 Å². The number of hydrogen-bond donors (Lipinski definition) is 3. The Balaban J connectivity index is 0.000000557. The van der Waals surface area contributed by atoms with Gasteiger partial charge in [-0.15, -0.1) is 0 Å². The zero-order valence-electron chi connectivity index (χ0n) is 8.68. The minimum absolute atomic E-state index is 0.0972. The molecule has 0 saturated heterocycles. The van der Waals surface area contributed by atoms with Crippen LogP contribution in [0.2, 0.25) is 0 Å². The van der Waals surface area contributed by atoms with Gasteiger partial charge in [-0.3, -0.25) is 14.7 Å². The van der Waals surface area contributed by atoms with Gasteiger partial charge in [0.1, 0.15) is 0 Å².